The highest BCUT2D eigenvalue weighted by Crippen LogP contribution is 2.56. The van der Waals surface area contributed by atoms with Crippen molar-refractivity contribution in [2.75, 3.05) is 0 Å². The summed E-state index contributed by atoms with van der Waals surface area (Å²) in [6.07, 6.45) is 6.85. The maximum absolute atomic E-state index is 11.9. The third-order valence-electron chi connectivity index (χ3n) is 4.99. The molecule has 0 unspecified atom stereocenters. The average Bonchev–Trinajstić information content (AvgIpc) is 2.56. The normalized spacial score (nSPS) is 40.6. The minimum Gasteiger partial charge on any atom is -0.454 e. The van der Waals surface area contributed by atoms with Crippen molar-refractivity contribution in [2.45, 2.75) is 52.6 Å². The summed E-state index contributed by atoms with van der Waals surface area (Å²) in [5.74, 6) is 0.342. The second kappa shape index (κ2) is 3.47. The summed E-state index contributed by atoms with van der Waals surface area (Å²) in [5.41, 5.74) is 3.95. The number of ether oxygens (including phenoxy) is 1. The largest absolute Gasteiger partial charge is 0.454 e. The molecule has 1 saturated carbocycles. The summed E-state index contributed by atoms with van der Waals surface area (Å²) in [6, 6.07) is 0. The molecule has 0 bridgehead atoms. The highest BCUT2D eigenvalue weighted by Gasteiger charge is 2.50. The smallest absolute Gasteiger partial charge is 0.334 e. The van der Waals surface area contributed by atoms with Crippen LogP contribution in [0.15, 0.2) is 22.8 Å². The zero-order valence-corrected chi connectivity index (χ0v) is 10.9. The van der Waals surface area contributed by atoms with Gasteiger partial charge in [0.05, 0.1) is 0 Å². The molecule has 0 spiro atoms. The second-order valence-corrected chi connectivity index (χ2v) is 6.16. The van der Waals surface area contributed by atoms with E-state index in [0.29, 0.717) is 11.3 Å². The Morgan fingerprint density at radius 2 is 2.00 bits per heavy atom. The van der Waals surface area contributed by atoms with Crippen LogP contribution in [0.5, 0.6) is 0 Å². The monoisotopic (exact) mass is 232 g/mol. The van der Waals surface area contributed by atoms with E-state index in [4.69, 9.17) is 4.74 Å². The Balaban J connectivity index is 2.13. The van der Waals surface area contributed by atoms with Gasteiger partial charge in [-0.25, -0.2) is 4.79 Å². The number of rotatable bonds is 0. The number of allylic oxidation sites excluding steroid dienone is 1. The molecule has 0 saturated heterocycles. The Bertz CT molecular complexity index is 444. The van der Waals surface area contributed by atoms with Crippen molar-refractivity contribution in [3.05, 3.63) is 22.8 Å². The van der Waals surface area contributed by atoms with E-state index in [1.54, 1.807) is 0 Å². The summed E-state index contributed by atoms with van der Waals surface area (Å²) in [6.45, 7) is 6.46. The zero-order valence-electron chi connectivity index (χ0n) is 10.9. The molecule has 0 amide bonds. The number of hydrogen-bond donors (Lipinski definition) is 0. The lowest BCUT2D eigenvalue weighted by Gasteiger charge is -2.37. The van der Waals surface area contributed by atoms with Gasteiger partial charge in [-0.2, -0.15) is 0 Å². The fourth-order valence-corrected chi connectivity index (χ4v) is 3.84. The lowest BCUT2D eigenvalue weighted by molar-refractivity contribution is -0.147. The predicted octanol–water partition coefficient (Wildman–Crippen LogP) is 3.38. The number of esters is 1. The second-order valence-electron chi connectivity index (χ2n) is 6.16. The molecule has 3 atom stereocenters. The maximum Gasteiger partial charge on any atom is 0.334 e. The Labute approximate surface area is 103 Å². The molecule has 0 aromatic rings. The van der Waals surface area contributed by atoms with Crippen LogP contribution in [-0.2, 0) is 9.53 Å². The average molecular weight is 232 g/mol. The summed E-state index contributed by atoms with van der Waals surface area (Å²) in [5, 5.41) is 0. The van der Waals surface area contributed by atoms with E-state index in [1.165, 1.54) is 24.0 Å². The van der Waals surface area contributed by atoms with Crippen molar-refractivity contribution >= 4 is 5.97 Å². The highest BCUT2D eigenvalue weighted by atomic mass is 16.5. The first kappa shape index (κ1) is 11.1. The molecule has 0 aromatic carbocycles. The van der Waals surface area contributed by atoms with Crippen LogP contribution >= 0.6 is 0 Å². The predicted molar refractivity (Wildman–Crippen MR) is 66.4 cm³/mol. The molecule has 3 rings (SSSR count). The third kappa shape index (κ3) is 1.50. The van der Waals surface area contributed by atoms with E-state index >= 15 is 0 Å². The molecule has 92 valence electrons. The Morgan fingerprint density at radius 3 is 2.76 bits per heavy atom. The molecule has 1 heterocycles. The van der Waals surface area contributed by atoms with Crippen LogP contribution in [0.4, 0.5) is 0 Å². The lowest BCUT2D eigenvalue weighted by atomic mass is 9.72. The molecule has 17 heavy (non-hydrogen) atoms. The summed E-state index contributed by atoms with van der Waals surface area (Å²) < 4.78 is 5.63. The molecule has 2 heteroatoms. The summed E-state index contributed by atoms with van der Waals surface area (Å²) >= 11 is 0. The van der Waals surface area contributed by atoms with Gasteiger partial charge in [-0.15, -0.1) is 0 Å². The van der Waals surface area contributed by atoms with Crippen molar-refractivity contribution in [3.8, 4) is 0 Å². The summed E-state index contributed by atoms with van der Waals surface area (Å²) in [4.78, 5) is 11.9. The summed E-state index contributed by atoms with van der Waals surface area (Å²) in [7, 11) is 0. The lowest BCUT2D eigenvalue weighted by Crippen LogP contribution is -2.38. The van der Waals surface area contributed by atoms with Crippen molar-refractivity contribution in [1.82, 2.24) is 0 Å². The van der Waals surface area contributed by atoms with Crippen molar-refractivity contribution in [1.29, 1.82) is 0 Å². The molecule has 1 aliphatic heterocycles. The molecule has 1 fully saturated rings. The fraction of sp³-hybridized carbons (Fsp3) is 0.667. The Hall–Kier alpha value is -1.05. The molecule has 0 N–H and O–H groups in total. The van der Waals surface area contributed by atoms with Crippen molar-refractivity contribution in [3.63, 3.8) is 0 Å². The molecule has 0 radical (unpaired) electrons. The molecule has 2 aliphatic carbocycles. The van der Waals surface area contributed by atoms with Crippen LogP contribution < -0.4 is 0 Å². The van der Waals surface area contributed by atoms with Crippen LogP contribution in [0.25, 0.3) is 0 Å². The Kier molecular flexibility index (Phi) is 2.26. The standard InChI is InChI=1S/C15H20O2/c1-9-4-6-15(3)7-5-11-10(2)14(16)17-12(8-9)13(11)15/h8,12-13H,4-7H2,1-3H3/t12-,13-,15-/m0/s1. The first-order valence-corrected chi connectivity index (χ1v) is 6.59. The first-order chi connectivity index (χ1) is 8.01. The molecule has 0 aromatic heterocycles. The SMILES string of the molecule is CC1=C[C@@H]2OC(=O)C(C)=C3CC[C@](C)(CC1)[C@@H]32. The van der Waals surface area contributed by atoms with E-state index < -0.39 is 0 Å². The van der Waals surface area contributed by atoms with E-state index in [1.807, 2.05) is 6.92 Å². The number of hydrogen-bond acceptors (Lipinski definition) is 2. The fourth-order valence-electron chi connectivity index (χ4n) is 3.84. The van der Waals surface area contributed by atoms with Crippen LogP contribution in [0.3, 0.4) is 0 Å². The highest BCUT2D eigenvalue weighted by molar-refractivity contribution is 5.90. The molecular formula is C15H20O2. The minimum atomic E-state index is -0.101. The van der Waals surface area contributed by atoms with Gasteiger partial charge in [0, 0.05) is 11.5 Å². The van der Waals surface area contributed by atoms with Gasteiger partial charge in [0.15, 0.2) is 0 Å². The van der Waals surface area contributed by atoms with Crippen molar-refractivity contribution < 1.29 is 9.53 Å². The Morgan fingerprint density at radius 1 is 1.29 bits per heavy atom. The quantitative estimate of drug-likeness (QED) is 0.472. The van der Waals surface area contributed by atoms with E-state index in [2.05, 4.69) is 19.9 Å². The third-order valence-corrected chi connectivity index (χ3v) is 4.99. The van der Waals surface area contributed by atoms with Gasteiger partial charge in [0.25, 0.3) is 0 Å². The molecular weight excluding hydrogens is 212 g/mol. The minimum absolute atomic E-state index is 0.00352. The van der Waals surface area contributed by atoms with Crippen LogP contribution in [0.2, 0.25) is 0 Å². The van der Waals surface area contributed by atoms with E-state index in [-0.39, 0.29) is 12.1 Å². The van der Waals surface area contributed by atoms with Gasteiger partial charge < -0.3 is 4.74 Å². The van der Waals surface area contributed by atoms with Crippen LogP contribution in [0, 0.1) is 11.3 Å². The maximum atomic E-state index is 11.9. The zero-order chi connectivity index (χ0) is 12.2. The van der Waals surface area contributed by atoms with Gasteiger partial charge in [0.1, 0.15) is 6.10 Å². The van der Waals surface area contributed by atoms with Gasteiger partial charge in [0.2, 0.25) is 0 Å². The molecule has 3 aliphatic rings. The van der Waals surface area contributed by atoms with Crippen LogP contribution in [-0.4, -0.2) is 12.1 Å². The topological polar surface area (TPSA) is 26.3 Å². The van der Waals surface area contributed by atoms with E-state index in [0.717, 1.165) is 18.4 Å². The first-order valence-electron chi connectivity index (χ1n) is 6.59. The van der Waals surface area contributed by atoms with Gasteiger partial charge in [-0.3, -0.25) is 0 Å². The van der Waals surface area contributed by atoms with Gasteiger partial charge in [-0.05, 0) is 51.0 Å². The van der Waals surface area contributed by atoms with Crippen molar-refractivity contribution in [2.24, 2.45) is 11.3 Å². The molecule has 2 nitrogen and oxygen atoms in total. The number of carbonyl (C=O) groups excluding carboxylic acids is 1. The van der Waals surface area contributed by atoms with Crippen LogP contribution in [0.1, 0.15) is 46.5 Å². The number of carbonyl (C=O) groups is 1. The van der Waals surface area contributed by atoms with E-state index in [9.17, 15) is 4.79 Å². The van der Waals surface area contributed by atoms with Gasteiger partial charge in [-0.1, -0.05) is 18.1 Å². The van der Waals surface area contributed by atoms with Gasteiger partial charge >= 0.3 is 5.97 Å².